The molecule has 3 N–H and O–H groups in total. The largest absolute Gasteiger partial charge is 0.356 e. The summed E-state index contributed by atoms with van der Waals surface area (Å²) in [6, 6.07) is 13.8. The number of amides is 1. The highest BCUT2D eigenvalue weighted by molar-refractivity contribution is 5.95. The Morgan fingerprint density at radius 3 is 2.31 bits per heavy atom. The van der Waals surface area contributed by atoms with Crippen LogP contribution in [0.25, 0.3) is 0 Å². The van der Waals surface area contributed by atoms with E-state index in [0.717, 1.165) is 31.7 Å². The maximum atomic E-state index is 14.2. The van der Waals surface area contributed by atoms with E-state index in [1.807, 2.05) is 18.2 Å². The van der Waals surface area contributed by atoms with E-state index in [4.69, 9.17) is 0 Å². The summed E-state index contributed by atoms with van der Waals surface area (Å²) in [6.45, 7) is 0. The Hall–Kier alpha value is -2.73. The van der Waals surface area contributed by atoms with Crippen LogP contribution in [0.2, 0.25) is 0 Å². The summed E-state index contributed by atoms with van der Waals surface area (Å²) in [5.41, 5.74) is 2.66. The summed E-state index contributed by atoms with van der Waals surface area (Å²) in [5.74, 6) is -1.17. The highest BCUT2D eigenvalue weighted by atomic mass is 19.1. The Morgan fingerprint density at radius 1 is 0.931 bits per heavy atom. The monoisotopic (exact) mass is 398 g/mol. The molecule has 1 heterocycles. The zero-order valence-electron chi connectivity index (χ0n) is 16.0. The third kappa shape index (κ3) is 4.32. The number of hydrogen-bond donors (Lipinski definition) is 3. The molecule has 1 fully saturated rings. The van der Waals surface area contributed by atoms with Crippen molar-refractivity contribution in [2.24, 2.45) is 5.92 Å². The first kappa shape index (κ1) is 19.6. The van der Waals surface area contributed by atoms with Gasteiger partial charge in [-0.2, -0.15) is 0 Å². The predicted molar refractivity (Wildman–Crippen MR) is 106 cm³/mol. The van der Waals surface area contributed by atoms with Gasteiger partial charge in [-0.05, 0) is 54.7 Å². The van der Waals surface area contributed by atoms with Gasteiger partial charge in [0, 0.05) is 23.8 Å². The van der Waals surface area contributed by atoms with Gasteiger partial charge in [0.2, 0.25) is 6.35 Å². The number of carbonyl (C=O) groups is 1. The van der Waals surface area contributed by atoms with E-state index in [1.165, 1.54) is 17.7 Å². The van der Waals surface area contributed by atoms with Gasteiger partial charge in [-0.3, -0.25) is 4.79 Å². The van der Waals surface area contributed by atoms with Crippen molar-refractivity contribution < 1.29 is 18.7 Å². The van der Waals surface area contributed by atoms with Gasteiger partial charge in [0.1, 0.15) is 11.6 Å². The van der Waals surface area contributed by atoms with E-state index in [2.05, 4.69) is 22.8 Å². The lowest BCUT2D eigenvalue weighted by atomic mass is 9.76. The second-order valence-electron chi connectivity index (χ2n) is 7.78. The first-order valence-electron chi connectivity index (χ1n) is 9.98. The molecule has 0 radical (unpaired) electrons. The molecule has 4 rings (SSSR count). The number of carbonyl (C=O) groups excluding carboxylic acids is 1. The van der Waals surface area contributed by atoms with Crippen molar-refractivity contribution in [2.45, 2.75) is 44.4 Å². The summed E-state index contributed by atoms with van der Waals surface area (Å²) in [6.07, 6.45) is 2.59. The SMILES string of the molecule is O=C1NC(O)NC(C2CCC(c3ccccc3)CC2)=C1Cc1ccc(F)cc1F. The molecule has 1 unspecified atom stereocenters. The number of rotatable bonds is 4. The van der Waals surface area contributed by atoms with Gasteiger partial charge in [0.25, 0.3) is 5.91 Å². The van der Waals surface area contributed by atoms with Crippen LogP contribution in [-0.2, 0) is 11.2 Å². The van der Waals surface area contributed by atoms with E-state index in [0.29, 0.717) is 17.2 Å². The molecular formula is C23H24F2N2O2. The molecular weight excluding hydrogens is 374 g/mol. The molecule has 0 aromatic heterocycles. The van der Waals surface area contributed by atoms with Gasteiger partial charge < -0.3 is 15.7 Å². The number of nitrogens with one attached hydrogen (secondary N) is 2. The summed E-state index contributed by atoms with van der Waals surface area (Å²) in [4.78, 5) is 12.6. The molecule has 1 aliphatic carbocycles. The second kappa shape index (κ2) is 8.33. The van der Waals surface area contributed by atoms with Crippen LogP contribution in [0.15, 0.2) is 59.8 Å². The molecule has 1 saturated carbocycles. The normalized spacial score (nSPS) is 24.8. The zero-order valence-corrected chi connectivity index (χ0v) is 16.0. The number of aliphatic hydroxyl groups excluding tert-OH is 1. The first-order valence-corrected chi connectivity index (χ1v) is 9.98. The quantitative estimate of drug-likeness (QED) is 0.736. The highest BCUT2D eigenvalue weighted by Gasteiger charge is 2.33. The molecule has 29 heavy (non-hydrogen) atoms. The lowest BCUT2D eigenvalue weighted by molar-refractivity contribution is -0.122. The Balaban J connectivity index is 1.56. The Morgan fingerprint density at radius 2 is 1.62 bits per heavy atom. The van der Waals surface area contributed by atoms with Crippen LogP contribution < -0.4 is 10.6 Å². The van der Waals surface area contributed by atoms with E-state index < -0.39 is 23.9 Å². The van der Waals surface area contributed by atoms with E-state index in [-0.39, 0.29) is 17.9 Å². The first-order chi connectivity index (χ1) is 14.0. The van der Waals surface area contributed by atoms with Crippen LogP contribution in [0, 0.1) is 17.6 Å². The fourth-order valence-corrected chi connectivity index (χ4v) is 4.44. The van der Waals surface area contributed by atoms with Crippen LogP contribution >= 0.6 is 0 Å². The van der Waals surface area contributed by atoms with E-state index >= 15 is 0 Å². The Bertz CT molecular complexity index is 922. The highest BCUT2D eigenvalue weighted by Crippen LogP contribution is 2.39. The van der Waals surface area contributed by atoms with Gasteiger partial charge >= 0.3 is 0 Å². The summed E-state index contributed by atoms with van der Waals surface area (Å²) >= 11 is 0. The van der Waals surface area contributed by atoms with Crippen molar-refractivity contribution in [2.75, 3.05) is 0 Å². The molecule has 4 nitrogen and oxygen atoms in total. The number of hydrogen-bond acceptors (Lipinski definition) is 3. The average Bonchev–Trinajstić information content (AvgIpc) is 2.72. The third-order valence-corrected chi connectivity index (χ3v) is 5.95. The van der Waals surface area contributed by atoms with Crippen LogP contribution in [0.5, 0.6) is 0 Å². The lowest BCUT2D eigenvalue weighted by Gasteiger charge is -2.35. The Labute approximate surface area is 168 Å². The van der Waals surface area contributed by atoms with E-state index in [9.17, 15) is 18.7 Å². The van der Waals surface area contributed by atoms with Crippen molar-refractivity contribution in [1.82, 2.24) is 10.6 Å². The molecule has 152 valence electrons. The van der Waals surface area contributed by atoms with Crippen molar-refractivity contribution in [3.8, 4) is 0 Å². The molecule has 0 spiro atoms. The minimum atomic E-state index is -1.16. The third-order valence-electron chi connectivity index (χ3n) is 5.95. The summed E-state index contributed by atoms with van der Waals surface area (Å²) in [5, 5.41) is 15.4. The van der Waals surface area contributed by atoms with Gasteiger partial charge in [0.15, 0.2) is 0 Å². The fraction of sp³-hybridized carbons (Fsp3) is 0.348. The Kier molecular flexibility index (Phi) is 5.62. The lowest BCUT2D eigenvalue weighted by Crippen LogP contribution is -2.52. The standard InChI is InChI=1S/C23H24F2N2O2/c24-18-11-10-17(20(25)13-18)12-19-21(26-23(29)27-22(19)28)16-8-6-15(7-9-16)14-4-2-1-3-5-14/h1-5,10-11,13,15-16,23,26,29H,6-9,12H2,(H,27,28). The number of allylic oxidation sites excluding steroid dienone is 1. The molecule has 0 saturated heterocycles. The van der Waals surface area contributed by atoms with Gasteiger partial charge in [-0.25, -0.2) is 8.78 Å². The average molecular weight is 398 g/mol. The van der Waals surface area contributed by atoms with Gasteiger partial charge in [0.05, 0.1) is 0 Å². The second-order valence-corrected chi connectivity index (χ2v) is 7.78. The molecule has 1 amide bonds. The van der Waals surface area contributed by atoms with Crippen molar-refractivity contribution in [3.63, 3.8) is 0 Å². The van der Waals surface area contributed by atoms with Crippen molar-refractivity contribution in [3.05, 3.63) is 82.6 Å². The van der Waals surface area contributed by atoms with Gasteiger partial charge in [-0.15, -0.1) is 0 Å². The van der Waals surface area contributed by atoms with Crippen molar-refractivity contribution >= 4 is 5.91 Å². The summed E-state index contributed by atoms with van der Waals surface area (Å²) < 4.78 is 27.4. The molecule has 1 atom stereocenters. The van der Waals surface area contributed by atoms with Crippen LogP contribution in [0.4, 0.5) is 8.78 Å². The summed E-state index contributed by atoms with van der Waals surface area (Å²) in [7, 11) is 0. The number of halogens is 2. The maximum absolute atomic E-state index is 14.2. The fourth-order valence-electron chi connectivity index (χ4n) is 4.44. The van der Waals surface area contributed by atoms with Crippen LogP contribution in [-0.4, -0.2) is 17.4 Å². The predicted octanol–water partition coefficient (Wildman–Crippen LogP) is 3.73. The molecule has 6 heteroatoms. The molecule has 2 aliphatic rings. The molecule has 2 aromatic rings. The number of aliphatic hydroxyl groups is 1. The van der Waals surface area contributed by atoms with Crippen molar-refractivity contribution in [1.29, 1.82) is 0 Å². The smallest absolute Gasteiger partial charge is 0.252 e. The zero-order chi connectivity index (χ0) is 20.4. The van der Waals surface area contributed by atoms with Crippen LogP contribution in [0.1, 0.15) is 42.7 Å². The molecule has 0 bridgehead atoms. The van der Waals surface area contributed by atoms with E-state index in [1.54, 1.807) is 0 Å². The van der Waals surface area contributed by atoms with Crippen LogP contribution in [0.3, 0.4) is 0 Å². The minimum absolute atomic E-state index is 0.0472. The topological polar surface area (TPSA) is 61.4 Å². The minimum Gasteiger partial charge on any atom is -0.356 e. The number of benzene rings is 2. The molecule has 2 aromatic carbocycles. The molecule has 1 aliphatic heterocycles. The maximum Gasteiger partial charge on any atom is 0.252 e. The van der Waals surface area contributed by atoms with Gasteiger partial charge in [-0.1, -0.05) is 36.4 Å².